The van der Waals surface area contributed by atoms with Crippen molar-refractivity contribution >= 4 is 13.9 Å². The van der Waals surface area contributed by atoms with E-state index in [4.69, 9.17) is 4.74 Å². The number of ether oxygens (including phenoxy) is 1. The van der Waals surface area contributed by atoms with Crippen LogP contribution < -0.4 is 10.0 Å². The Balaban J connectivity index is 2.51. The molecule has 2 aromatic rings. The third kappa shape index (κ3) is 3.52. The Hall–Kier alpha value is -1.57. The molecule has 0 aliphatic carbocycles. The lowest BCUT2D eigenvalue weighted by atomic mass is 9.96. The molecule has 4 heteroatoms. The molecule has 0 radical (unpaired) electrons. The predicted octanol–water partition coefficient (Wildman–Crippen LogP) is 3.83. The monoisotopic (exact) mass is 332 g/mol. The largest absolute Gasteiger partial charge is 0.504 e. The van der Waals surface area contributed by atoms with Crippen LogP contribution in [0.15, 0.2) is 36.4 Å². The van der Waals surface area contributed by atoms with Crippen LogP contribution in [-0.4, -0.2) is 17.3 Å². The Morgan fingerprint density at radius 3 is 2.48 bits per heavy atom. The summed E-state index contributed by atoms with van der Waals surface area (Å²) in [5.41, 5.74) is 3.03. The first-order valence-corrected chi connectivity index (χ1v) is 8.80. The van der Waals surface area contributed by atoms with Crippen LogP contribution in [0.4, 0.5) is 0 Å². The first kappa shape index (κ1) is 17.8. The van der Waals surface area contributed by atoms with Crippen molar-refractivity contribution in [2.45, 2.75) is 39.0 Å². The summed E-state index contributed by atoms with van der Waals surface area (Å²) in [5.74, 6) is 0.713. The highest BCUT2D eigenvalue weighted by molar-refractivity contribution is 7.48. The number of methoxy groups -OCH3 is 1. The van der Waals surface area contributed by atoms with Crippen molar-refractivity contribution in [3.8, 4) is 11.5 Å². The summed E-state index contributed by atoms with van der Waals surface area (Å²) in [6, 6.07) is 11.7. The molecule has 2 unspecified atom stereocenters. The van der Waals surface area contributed by atoms with Crippen LogP contribution in [0, 0.1) is 6.92 Å². The van der Waals surface area contributed by atoms with Gasteiger partial charge in [-0.15, -0.1) is 0 Å². The molecule has 0 spiro atoms. The van der Waals surface area contributed by atoms with Gasteiger partial charge in [0, 0.05) is 10.7 Å². The molecule has 0 bridgehead atoms. The van der Waals surface area contributed by atoms with E-state index in [1.165, 1.54) is 10.9 Å². The van der Waals surface area contributed by atoms with Gasteiger partial charge in [0.05, 0.1) is 13.7 Å². The molecule has 0 saturated carbocycles. The van der Waals surface area contributed by atoms with E-state index in [9.17, 15) is 10.2 Å². The van der Waals surface area contributed by atoms with Crippen LogP contribution in [0.25, 0.3) is 0 Å². The first-order valence-electron chi connectivity index (χ1n) is 7.80. The second kappa shape index (κ2) is 7.33. The molecule has 3 nitrogen and oxygen atoms in total. The molecule has 23 heavy (non-hydrogen) atoms. The van der Waals surface area contributed by atoms with Crippen molar-refractivity contribution < 1.29 is 14.9 Å². The Morgan fingerprint density at radius 2 is 1.87 bits per heavy atom. The quantitative estimate of drug-likeness (QED) is 0.791. The molecule has 0 aliphatic heterocycles. The van der Waals surface area contributed by atoms with Gasteiger partial charge in [0.15, 0.2) is 11.5 Å². The van der Waals surface area contributed by atoms with Crippen LogP contribution in [0.3, 0.4) is 0 Å². The summed E-state index contributed by atoms with van der Waals surface area (Å²) >= 11 is 0. The lowest BCUT2D eigenvalue weighted by Gasteiger charge is -2.31. The molecule has 0 heterocycles. The number of para-hydroxylation sites is 1. The molecule has 2 atom stereocenters. The van der Waals surface area contributed by atoms with E-state index in [0.717, 1.165) is 17.5 Å². The van der Waals surface area contributed by atoms with Crippen LogP contribution in [0.1, 0.15) is 37.0 Å². The zero-order valence-corrected chi connectivity index (χ0v) is 15.2. The van der Waals surface area contributed by atoms with Crippen LogP contribution in [0.5, 0.6) is 11.5 Å². The van der Waals surface area contributed by atoms with Crippen molar-refractivity contribution in [3.05, 3.63) is 53.1 Å². The highest BCUT2D eigenvalue weighted by Gasteiger charge is 2.30. The number of aliphatic hydroxyl groups excluding tert-OH is 1. The predicted molar refractivity (Wildman–Crippen MR) is 97.4 cm³/mol. The number of hydrogen-bond donors (Lipinski definition) is 2. The number of benzene rings is 2. The van der Waals surface area contributed by atoms with Crippen LogP contribution >= 0.6 is 8.58 Å². The fourth-order valence-electron chi connectivity index (χ4n) is 2.79. The second-order valence-corrected chi connectivity index (χ2v) is 7.79. The van der Waals surface area contributed by atoms with E-state index >= 15 is 0 Å². The molecule has 0 amide bonds. The van der Waals surface area contributed by atoms with Gasteiger partial charge in [0.2, 0.25) is 0 Å². The van der Waals surface area contributed by atoms with Crippen molar-refractivity contribution in [3.63, 3.8) is 0 Å². The minimum absolute atomic E-state index is 0.0356. The van der Waals surface area contributed by atoms with E-state index in [0.29, 0.717) is 14.3 Å². The minimum atomic E-state index is -0.214. The van der Waals surface area contributed by atoms with Gasteiger partial charge in [-0.3, -0.25) is 0 Å². The summed E-state index contributed by atoms with van der Waals surface area (Å²) in [4.78, 5) is 0. The van der Waals surface area contributed by atoms with Gasteiger partial charge in [-0.2, -0.15) is 0 Å². The van der Waals surface area contributed by atoms with Gasteiger partial charge >= 0.3 is 0 Å². The van der Waals surface area contributed by atoms with Crippen LogP contribution in [-0.2, 0) is 11.8 Å². The van der Waals surface area contributed by atoms with E-state index in [1.807, 2.05) is 24.3 Å². The van der Waals surface area contributed by atoms with Crippen molar-refractivity contribution in [2.75, 3.05) is 7.11 Å². The number of phenols is 1. The minimum Gasteiger partial charge on any atom is -0.504 e. The van der Waals surface area contributed by atoms with E-state index in [1.54, 1.807) is 13.2 Å². The average molecular weight is 332 g/mol. The van der Waals surface area contributed by atoms with Crippen molar-refractivity contribution in [1.82, 2.24) is 0 Å². The maximum atomic E-state index is 10.6. The summed E-state index contributed by atoms with van der Waals surface area (Å²) < 4.78 is 5.26. The van der Waals surface area contributed by atoms with Crippen LogP contribution in [0.2, 0.25) is 0 Å². The standard InChI is InChI=1S/C19H25O3P/c1-5-19(3,15-10-7-11-16(22-4)17(15)21)23-18-13(2)8-6-9-14(18)12-20/h6-11,20-21,23H,5,12H2,1-4H3. The maximum absolute atomic E-state index is 10.6. The van der Waals surface area contributed by atoms with Gasteiger partial charge in [-0.05, 0) is 35.8 Å². The molecule has 0 aromatic heterocycles. The fourth-order valence-corrected chi connectivity index (χ4v) is 4.46. The van der Waals surface area contributed by atoms with Gasteiger partial charge < -0.3 is 14.9 Å². The first-order chi connectivity index (χ1) is 11.0. The zero-order valence-electron chi connectivity index (χ0n) is 14.2. The number of aryl methyl sites for hydroxylation is 1. The lowest BCUT2D eigenvalue weighted by Crippen LogP contribution is -2.21. The molecular formula is C19H25O3P. The summed E-state index contributed by atoms with van der Waals surface area (Å²) in [6.07, 6.45) is 0.880. The summed E-state index contributed by atoms with van der Waals surface area (Å²) in [6.45, 7) is 6.40. The Kier molecular flexibility index (Phi) is 5.67. The molecular weight excluding hydrogens is 307 g/mol. The molecule has 2 aromatic carbocycles. The van der Waals surface area contributed by atoms with Gasteiger partial charge in [-0.1, -0.05) is 52.8 Å². The van der Waals surface area contributed by atoms with Gasteiger partial charge in [0.25, 0.3) is 0 Å². The molecule has 124 valence electrons. The van der Waals surface area contributed by atoms with Crippen molar-refractivity contribution in [2.24, 2.45) is 0 Å². The Bertz CT molecular complexity index is 684. The highest BCUT2D eigenvalue weighted by atomic mass is 31.1. The molecule has 0 fully saturated rings. The topological polar surface area (TPSA) is 49.7 Å². The maximum Gasteiger partial charge on any atom is 0.161 e. The number of phenolic OH excluding ortho intramolecular Hbond substituents is 1. The van der Waals surface area contributed by atoms with Gasteiger partial charge in [0.1, 0.15) is 0 Å². The second-order valence-electron chi connectivity index (χ2n) is 5.93. The normalized spacial score (nSPS) is 14.1. The van der Waals surface area contributed by atoms with Gasteiger partial charge in [-0.25, -0.2) is 0 Å². The van der Waals surface area contributed by atoms with Crippen molar-refractivity contribution in [1.29, 1.82) is 0 Å². The Morgan fingerprint density at radius 1 is 1.17 bits per heavy atom. The third-order valence-electron chi connectivity index (χ3n) is 4.45. The lowest BCUT2D eigenvalue weighted by molar-refractivity contribution is 0.283. The number of aliphatic hydroxyl groups is 1. The summed E-state index contributed by atoms with van der Waals surface area (Å²) in [5, 5.41) is 21.2. The molecule has 0 saturated heterocycles. The number of aromatic hydroxyl groups is 1. The van der Waals surface area contributed by atoms with E-state index < -0.39 is 0 Å². The smallest absolute Gasteiger partial charge is 0.161 e. The summed E-state index contributed by atoms with van der Waals surface area (Å²) in [7, 11) is 2.01. The highest BCUT2D eigenvalue weighted by Crippen LogP contribution is 2.49. The van der Waals surface area contributed by atoms with E-state index in [-0.39, 0.29) is 17.5 Å². The fraction of sp³-hybridized carbons (Fsp3) is 0.368. The third-order valence-corrected chi connectivity index (χ3v) is 6.59. The number of rotatable bonds is 6. The average Bonchev–Trinajstić information content (AvgIpc) is 2.56. The Labute approximate surface area is 140 Å². The molecule has 2 rings (SSSR count). The zero-order chi connectivity index (χ0) is 17.0. The number of hydrogen-bond acceptors (Lipinski definition) is 3. The van der Waals surface area contributed by atoms with E-state index in [2.05, 4.69) is 26.8 Å². The molecule has 2 N–H and O–H groups in total. The molecule has 0 aliphatic rings. The SMILES string of the molecule is CCC(C)(Pc1c(C)cccc1CO)c1cccc(OC)c1O.